The van der Waals surface area contributed by atoms with E-state index in [2.05, 4.69) is 47.4 Å². The Balaban J connectivity index is 0.000000269. The monoisotopic (exact) mass is 1580 g/mol. The number of carbonyl (C=O) groups excluding carboxylic acids is 4. The quantitative estimate of drug-likeness (QED) is 0.0260. The minimum Gasteiger partial charge on any atom is -0.493 e. The second-order valence-electron chi connectivity index (χ2n) is 31.0. The van der Waals surface area contributed by atoms with Crippen LogP contribution in [0.3, 0.4) is 0 Å². The Labute approximate surface area is 647 Å². The second kappa shape index (κ2) is 46.6. The number of nitriles is 1. The van der Waals surface area contributed by atoms with Crippen LogP contribution >= 0.6 is 15.9 Å². The molecule has 6 saturated heterocycles. The number of carboxylic acids is 1. The number of nitrogens with zero attached hydrogens (tertiary/aromatic N) is 9. The van der Waals surface area contributed by atoms with Gasteiger partial charge in [0.05, 0.1) is 26.2 Å². The highest BCUT2D eigenvalue weighted by molar-refractivity contribution is 9.09. The van der Waals surface area contributed by atoms with E-state index in [9.17, 15) is 28.8 Å². The van der Waals surface area contributed by atoms with Crippen LogP contribution in [0.5, 0.6) is 17.2 Å². The maximum absolute atomic E-state index is 12.2. The number of halogens is 1. The lowest BCUT2D eigenvalue weighted by atomic mass is 10.1. The lowest BCUT2D eigenvalue weighted by molar-refractivity contribution is -0.138. The molecule has 0 saturated carbocycles. The number of ether oxygens (including phenoxy) is 7. The topological polar surface area (TPSA) is 418 Å². The Bertz CT molecular complexity index is 3380. The van der Waals surface area contributed by atoms with Crippen LogP contribution in [0.2, 0.25) is 0 Å². The number of hydrogen-bond donors (Lipinski definition) is 8. The number of pyridine rings is 4. The van der Waals surface area contributed by atoms with Crippen molar-refractivity contribution in [2.75, 3.05) is 94.0 Å². The molecular weight excluding hydrogens is 1450 g/mol. The summed E-state index contributed by atoms with van der Waals surface area (Å²) in [7, 11) is 0. The van der Waals surface area contributed by atoms with E-state index in [1.807, 2.05) is 83.1 Å². The predicted octanol–water partition coefficient (Wildman–Crippen LogP) is 12.2. The van der Waals surface area contributed by atoms with Crippen molar-refractivity contribution in [3.63, 3.8) is 0 Å². The van der Waals surface area contributed by atoms with Crippen LogP contribution in [-0.2, 0) is 23.7 Å². The highest BCUT2D eigenvalue weighted by Gasteiger charge is 2.36. The van der Waals surface area contributed by atoms with Crippen LogP contribution in [0.4, 0.5) is 42.4 Å². The van der Waals surface area contributed by atoms with E-state index in [-0.39, 0.29) is 54.9 Å². The van der Waals surface area contributed by atoms with Crippen LogP contribution in [0.15, 0.2) is 78.1 Å². The van der Waals surface area contributed by atoms with Crippen molar-refractivity contribution < 1.29 is 67.3 Å². The molecule has 604 valence electrons. The van der Waals surface area contributed by atoms with E-state index in [4.69, 9.17) is 71.6 Å². The average Bonchev–Trinajstić information content (AvgIpc) is 1.72. The van der Waals surface area contributed by atoms with Gasteiger partial charge in [0.15, 0.2) is 11.6 Å². The summed E-state index contributed by atoms with van der Waals surface area (Å²) in [6.07, 6.45) is 24.4. The first-order chi connectivity index (χ1) is 50.9. The van der Waals surface area contributed by atoms with Gasteiger partial charge < -0.3 is 101 Å². The Morgan fingerprint density at radius 2 is 0.889 bits per heavy atom. The zero-order chi connectivity index (χ0) is 80.0. The summed E-state index contributed by atoms with van der Waals surface area (Å²) < 4.78 is 38.2. The molecule has 6 unspecified atom stereocenters. The fourth-order valence-corrected chi connectivity index (χ4v) is 12.9. The van der Waals surface area contributed by atoms with Gasteiger partial charge in [-0.3, -0.25) is 9.59 Å². The van der Waals surface area contributed by atoms with E-state index in [1.54, 1.807) is 74.6 Å². The molecule has 0 bridgehead atoms. The molecule has 4 aromatic heterocycles. The number of hydrogen-bond acceptors (Lipinski definition) is 24. The number of carbonyl (C=O) groups is 5. The number of amides is 4. The van der Waals surface area contributed by atoms with Crippen molar-refractivity contribution in [1.82, 2.24) is 49.8 Å². The van der Waals surface area contributed by atoms with E-state index in [0.717, 1.165) is 146 Å². The standard InChI is InChI=1S/C16H25N3O3.C12H16N4O.C11H20BrNO2.C11H17N3O.C11H19NO4.C11H21NO3.C5H6N2O/c1-16(2,3)22-15(20)19-9-4-5-12(19)7-10-21-13-6-8-18-14(17)11-13;13-9-16-6-1-2-10(16)4-7-17-11-3-5-15-12(14)8-11;1-11(2,3)15-10(14)13-8-4-5-9(13)6-7-12;12-11-8-10(3-6-14-11)15-7-4-9-2-1-5-13-9;1-11(2,3)16-10(15)12-6-4-5-8(12)7-9(13)14;1-11(2,3)15-10(14)12-7-4-5-9(12)6-8-13;6-5-3-4(8)1-2-7-5/h6,8,11-12H,4-5,7,9-10H2,1-3H3,(H2,17,18);3,5,8,10H,1-2,4,6-7H2,(H2,14,15);9H,4-8H2,1-3H3;3,6,8-9,13H,1-2,4-5,7H2,(H2,12,14);8H,4-7H2,1-3H3,(H,13,14);9,13H,4-8H2,1-3H3;1-3H,(H3,6,7,8). The van der Waals surface area contributed by atoms with Crippen molar-refractivity contribution >= 4 is 69.5 Å². The van der Waals surface area contributed by atoms with E-state index in [0.29, 0.717) is 73.3 Å². The zero-order valence-corrected chi connectivity index (χ0v) is 67.4. The summed E-state index contributed by atoms with van der Waals surface area (Å²) in [6.45, 7) is 29.3. The number of nitrogens with two attached hydrogens (primary N) is 4. The Kier molecular flexibility index (Phi) is 39.5. The Morgan fingerprint density at radius 1 is 0.519 bits per heavy atom. The Hall–Kier alpha value is -8.76. The highest BCUT2D eigenvalue weighted by atomic mass is 79.9. The number of anilines is 4. The van der Waals surface area contributed by atoms with Gasteiger partial charge in [-0.15, -0.1) is 0 Å². The molecule has 4 aromatic rings. The SMILES string of the molecule is CC(C)(C)OC(=O)N1CCCC1CC(=O)O.CC(C)(C)OC(=O)N1CCCC1CCBr.CC(C)(C)OC(=O)N1CCCC1CCO.CC(C)(C)OC(=O)N1CCCC1CCOc1ccnc(N)c1.N#CN1CCCC1CCOc1ccnc(N)c1.Nc1cc(=O)cc[nH]1.Nc1cc(OCCC2CCCN2)ccn1. The second-order valence-corrected chi connectivity index (χ2v) is 31.8. The molecule has 4 amide bonds. The third-order valence-corrected chi connectivity index (χ3v) is 17.7. The molecule has 108 heavy (non-hydrogen) atoms. The van der Waals surface area contributed by atoms with Crippen molar-refractivity contribution in [2.45, 2.75) is 257 Å². The van der Waals surface area contributed by atoms with Crippen molar-refractivity contribution in [2.24, 2.45) is 0 Å². The third-order valence-electron chi connectivity index (χ3n) is 17.2. The van der Waals surface area contributed by atoms with Gasteiger partial charge in [0.25, 0.3) is 0 Å². The number of carboxylic acid groups (broad SMARTS) is 1. The van der Waals surface area contributed by atoms with Crippen LogP contribution in [-0.4, -0.2) is 215 Å². The fraction of sp³-hybridized carbons (Fsp3) is 0.662. The van der Waals surface area contributed by atoms with Crippen LogP contribution in [0.1, 0.15) is 199 Å². The fourth-order valence-electron chi connectivity index (χ4n) is 12.4. The number of alkyl halides is 1. The molecule has 6 fully saturated rings. The smallest absolute Gasteiger partial charge is 0.410 e. The van der Waals surface area contributed by atoms with Crippen molar-refractivity contribution in [1.29, 1.82) is 5.26 Å². The average molecular weight is 1580 g/mol. The molecule has 10 rings (SSSR count). The summed E-state index contributed by atoms with van der Waals surface area (Å²) in [5.74, 6) is 3.18. The summed E-state index contributed by atoms with van der Waals surface area (Å²) in [5, 5.41) is 30.9. The number of nitrogen functional groups attached to an aromatic ring is 4. The van der Waals surface area contributed by atoms with Crippen LogP contribution < -0.4 is 47.9 Å². The molecule has 0 aliphatic carbocycles. The first-order valence-corrected chi connectivity index (χ1v) is 38.8. The molecular formula is C77H124BrN15O15. The van der Waals surface area contributed by atoms with Crippen LogP contribution in [0.25, 0.3) is 0 Å². The molecule has 10 heterocycles. The van der Waals surface area contributed by atoms with E-state index < -0.39 is 34.5 Å². The normalized spacial score (nSPS) is 19.4. The Morgan fingerprint density at radius 3 is 1.23 bits per heavy atom. The van der Waals surface area contributed by atoms with Gasteiger partial charge in [-0.1, -0.05) is 15.9 Å². The lowest BCUT2D eigenvalue weighted by Gasteiger charge is -2.28. The summed E-state index contributed by atoms with van der Waals surface area (Å²) in [6, 6.07) is 14.7. The number of likely N-dealkylation sites (tertiary alicyclic amines) is 5. The summed E-state index contributed by atoms with van der Waals surface area (Å²) in [4.78, 5) is 91.7. The molecule has 6 aliphatic rings. The van der Waals surface area contributed by atoms with Gasteiger partial charge in [0.1, 0.15) is 62.9 Å². The largest absolute Gasteiger partial charge is 0.493 e. The molecule has 31 heteroatoms. The number of aromatic nitrogens is 4. The van der Waals surface area contributed by atoms with E-state index in [1.165, 1.54) is 36.1 Å². The zero-order valence-electron chi connectivity index (χ0n) is 65.8. The minimum atomic E-state index is -0.875. The molecule has 30 nitrogen and oxygen atoms in total. The maximum atomic E-state index is 12.2. The molecule has 6 atom stereocenters. The lowest BCUT2D eigenvalue weighted by Crippen LogP contribution is -2.40. The minimum absolute atomic E-state index is 0.000751. The highest BCUT2D eigenvalue weighted by Crippen LogP contribution is 2.28. The molecule has 6 aliphatic heterocycles. The maximum Gasteiger partial charge on any atom is 0.410 e. The number of nitrogens with one attached hydrogen (secondary N) is 2. The number of aromatic amines is 1. The first kappa shape index (κ1) is 91.6. The van der Waals surface area contributed by atoms with Gasteiger partial charge in [0.2, 0.25) is 0 Å². The van der Waals surface area contributed by atoms with Gasteiger partial charge in [-0.25, -0.2) is 34.1 Å². The number of aliphatic hydroxyl groups is 1. The molecule has 0 spiro atoms. The van der Waals surface area contributed by atoms with Crippen molar-refractivity contribution in [3.05, 3.63) is 83.5 Å². The van der Waals surface area contributed by atoms with Crippen molar-refractivity contribution in [3.8, 4) is 23.4 Å². The molecule has 0 radical (unpaired) electrons. The van der Waals surface area contributed by atoms with Gasteiger partial charge in [-0.05, 0) is 204 Å². The van der Waals surface area contributed by atoms with Crippen LogP contribution in [0, 0.1) is 11.5 Å². The molecule has 12 N–H and O–H groups in total. The first-order valence-electron chi connectivity index (χ1n) is 37.7. The predicted molar refractivity (Wildman–Crippen MR) is 420 cm³/mol. The molecule has 0 aromatic carbocycles. The van der Waals surface area contributed by atoms with Gasteiger partial charge in [-0.2, -0.15) is 5.26 Å². The number of H-pyrrole nitrogens is 1. The van der Waals surface area contributed by atoms with Gasteiger partial charge >= 0.3 is 30.3 Å². The number of aliphatic hydroxyl groups excluding tert-OH is 1. The summed E-state index contributed by atoms with van der Waals surface area (Å²) in [5.41, 5.74) is 20.0. The number of rotatable bonds is 18. The van der Waals surface area contributed by atoms with E-state index >= 15 is 0 Å². The number of aliphatic carboxylic acids is 1. The summed E-state index contributed by atoms with van der Waals surface area (Å²) >= 11 is 3.42. The third kappa shape index (κ3) is 37.9. The van der Waals surface area contributed by atoms with Gasteiger partial charge in [0, 0.05) is 149 Å².